The zero-order valence-corrected chi connectivity index (χ0v) is 9.94. The Kier molecular flexibility index (Phi) is 8.67. The summed E-state index contributed by atoms with van der Waals surface area (Å²) in [4.78, 5) is 0. The van der Waals surface area contributed by atoms with Gasteiger partial charge in [0.2, 0.25) is 0 Å². The zero-order valence-electron chi connectivity index (χ0n) is 9.12. The van der Waals surface area contributed by atoms with Gasteiger partial charge >= 0.3 is 0 Å². The highest BCUT2D eigenvalue weighted by Crippen LogP contribution is 2.05. The van der Waals surface area contributed by atoms with Gasteiger partial charge < -0.3 is 5.73 Å². The van der Waals surface area contributed by atoms with Gasteiger partial charge in [-0.1, -0.05) is 26.0 Å². The van der Waals surface area contributed by atoms with Crippen LogP contribution in [0.1, 0.15) is 33.6 Å². The fourth-order valence-electron chi connectivity index (χ4n) is 0.857. The van der Waals surface area contributed by atoms with E-state index in [9.17, 15) is 0 Å². The van der Waals surface area contributed by atoms with Crippen LogP contribution in [0.25, 0.3) is 0 Å². The van der Waals surface area contributed by atoms with Gasteiger partial charge in [-0.3, -0.25) is 0 Å². The molecule has 2 heteroatoms. The van der Waals surface area contributed by atoms with Crippen molar-refractivity contribution in [2.45, 2.75) is 39.7 Å². The smallest absolute Gasteiger partial charge is 0.0113 e. The molecule has 13 heavy (non-hydrogen) atoms. The van der Waals surface area contributed by atoms with Crippen LogP contribution in [0.4, 0.5) is 0 Å². The summed E-state index contributed by atoms with van der Waals surface area (Å²) < 4.78 is 0. The molecule has 0 aromatic rings. The molecule has 1 nitrogen and oxygen atoms in total. The monoisotopic (exact) mass is 201 g/mol. The van der Waals surface area contributed by atoms with E-state index in [1.165, 1.54) is 12.2 Å². The number of rotatable bonds is 7. The Hall–Kier alpha value is 0.0500. The van der Waals surface area contributed by atoms with Gasteiger partial charge in [-0.2, -0.15) is 11.8 Å². The summed E-state index contributed by atoms with van der Waals surface area (Å²) in [5.74, 6) is 3.11. The number of allylic oxidation sites excluding steroid dienone is 1. The van der Waals surface area contributed by atoms with Crippen LogP contribution in [-0.4, -0.2) is 17.5 Å². The SMILES string of the molecule is CC(C)C/C=C/CSCC[C@@H](C)N. The third kappa shape index (κ3) is 12.1. The van der Waals surface area contributed by atoms with Crippen LogP contribution in [0.2, 0.25) is 0 Å². The van der Waals surface area contributed by atoms with Crippen molar-refractivity contribution in [2.24, 2.45) is 11.7 Å². The number of nitrogens with two attached hydrogens (primary N) is 1. The van der Waals surface area contributed by atoms with Crippen LogP contribution in [0, 0.1) is 5.92 Å². The average Bonchev–Trinajstić information content (AvgIpc) is 2.01. The first-order chi connectivity index (χ1) is 6.13. The molecule has 0 radical (unpaired) electrons. The van der Waals surface area contributed by atoms with Crippen molar-refractivity contribution >= 4 is 11.8 Å². The van der Waals surface area contributed by atoms with E-state index >= 15 is 0 Å². The minimum atomic E-state index is 0.354. The van der Waals surface area contributed by atoms with Gasteiger partial charge in [-0.15, -0.1) is 0 Å². The standard InChI is InChI=1S/C11H23NS/c1-10(2)6-4-5-8-13-9-7-11(3)12/h4-5,10-11H,6-9,12H2,1-3H3/b5-4+/t11-/m1/s1. The third-order valence-corrected chi connectivity index (χ3v) is 2.66. The first kappa shape index (κ1) is 13.1. The maximum absolute atomic E-state index is 5.64. The minimum Gasteiger partial charge on any atom is -0.328 e. The first-order valence-electron chi connectivity index (χ1n) is 5.11. The van der Waals surface area contributed by atoms with Crippen molar-refractivity contribution in [2.75, 3.05) is 11.5 Å². The van der Waals surface area contributed by atoms with Gasteiger partial charge in [-0.25, -0.2) is 0 Å². The normalized spacial score (nSPS) is 14.2. The summed E-state index contributed by atoms with van der Waals surface area (Å²) in [5.41, 5.74) is 5.64. The maximum Gasteiger partial charge on any atom is 0.0113 e. The summed E-state index contributed by atoms with van der Waals surface area (Å²) in [6.07, 6.45) is 6.88. The van der Waals surface area contributed by atoms with E-state index in [0.29, 0.717) is 6.04 Å². The Morgan fingerprint density at radius 1 is 1.23 bits per heavy atom. The highest BCUT2D eigenvalue weighted by atomic mass is 32.2. The lowest BCUT2D eigenvalue weighted by Crippen LogP contribution is -2.15. The van der Waals surface area contributed by atoms with Gasteiger partial charge in [-0.05, 0) is 31.4 Å². The van der Waals surface area contributed by atoms with Gasteiger partial charge in [0.15, 0.2) is 0 Å². The summed E-state index contributed by atoms with van der Waals surface area (Å²) in [6.45, 7) is 6.55. The van der Waals surface area contributed by atoms with Gasteiger partial charge in [0.25, 0.3) is 0 Å². The zero-order chi connectivity index (χ0) is 10.1. The molecule has 0 bridgehead atoms. The molecule has 1 atom stereocenters. The molecule has 0 aliphatic carbocycles. The number of hydrogen-bond donors (Lipinski definition) is 1. The predicted octanol–water partition coefficient (Wildman–Crippen LogP) is 3.06. The topological polar surface area (TPSA) is 26.0 Å². The van der Waals surface area contributed by atoms with Crippen molar-refractivity contribution in [1.29, 1.82) is 0 Å². The molecule has 0 heterocycles. The first-order valence-corrected chi connectivity index (χ1v) is 6.26. The van der Waals surface area contributed by atoms with Crippen LogP contribution < -0.4 is 5.73 Å². The quantitative estimate of drug-likeness (QED) is 0.506. The lowest BCUT2D eigenvalue weighted by molar-refractivity contribution is 0.663. The minimum absolute atomic E-state index is 0.354. The van der Waals surface area contributed by atoms with Crippen molar-refractivity contribution < 1.29 is 0 Å². The van der Waals surface area contributed by atoms with E-state index in [1.54, 1.807) is 0 Å². The van der Waals surface area contributed by atoms with Crippen LogP contribution in [0.5, 0.6) is 0 Å². The molecule has 0 fully saturated rings. The Bertz CT molecular complexity index is 130. The largest absolute Gasteiger partial charge is 0.328 e. The van der Waals surface area contributed by atoms with Crippen LogP contribution in [0.15, 0.2) is 12.2 Å². The fraction of sp³-hybridized carbons (Fsp3) is 0.818. The van der Waals surface area contributed by atoms with Crippen molar-refractivity contribution in [1.82, 2.24) is 0 Å². The van der Waals surface area contributed by atoms with E-state index < -0.39 is 0 Å². The van der Waals surface area contributed by atoms with Crippen molar-refractivity contribution in [3.8, 4) is 0 Å². The molecule has 0 aliphatic rings. The van der Waals surface area contributed by atoms with E-state index in [4.69, 9.17) is 5.73 Å². The van der Waals surface area contributed by atoms with Crippen molar-refractivity contribution in [3.63, 3.8) is 0 Å². The Morgan fingerprint density at radius 3 is 2.46 bits per heavy atom. The molecule has 0 unspecified atom stereocenters. The van der Waals surface area contributed by atoms with E-state index in [0.717, 1.165) is 18.1 Å². The van der Waals surface area contributed by atoms with E-state index in [-0.39, 0.29) is 0 Å². The highest BCUT2D eigenvalue weighted by Gasteiger charge is 1.92. The second kappa shape index (κ2) is 8.64. The molecular weight excluding hydrogens is 178 g/mol. The second-order valence-corrected chi connectivity index (χ2v) is 5.09. The highest BCUT2D eigenvalue weighted by molar-refractivity contribution is 7.99. The van der Waals surface area contributed by atoms with E-state index in [1.807, 2.05) is 11.8 Å². The summed E-state index contributed by atoms with van der Waals surface area (Å²) >= 11 is 1.97. The maximum atomic E-state index is 5.64. The number of thioether (sulfide) groups is 1. The Balaban J connectivity index is 3.11. The van der Waals surface area contributed by atoms with Crippen molar-refractivity contribution in [3.05, 3.63) is 12.2 Å². The molecule has 78 valence electrons. The van der Waals surface area contributed by atoms with Gasteiger partial charge in [0.1, 0.15) is 0 Å². The molecule has 0 spiro atoms. The molecule has 0 saturated heterocycles. The summed E-state index contributed by atoms with van der Waals surface area (Å²) in [6, 6.07) is 0.354. The molecule has 2 N–H and O–H groups in total. The van der Waals surface area contributed by atoms with E-state index in [2.05, 4.69) is 32.9 Å². The molecule has 0 rings (SSSR count). The van der Waals surface area contributed by atoms with Crippen LogP contribution in [0.3, 0.4) is 0 Å². The average molecular weight is 201 g/mol. The van der Waals surface area contributed by atoms with Crippen LogP contribution in [-0.2, 0) is 0 Å². The Labute approximate surface area is 87.2 Å². The van der Waals surface area contributed by atoms with Crippen LogP contribution >= 0.6 is 11.8 Å². The molecule has 0 aromatic heterocycles. The summed E-state index contributed by atoms with van der Waals surface area (Å²) in [7, 11) is 0. The molecule has 0 aromatic carbocycles. The third-order valence-electron chi connectivity index (χ3n) is 1.71. The lowest BCUT2D eigenvalue weighted by Gasteiger charge is -2.02. The fourth-order valence-corrected chi connectivity index (χ4v) is 1.83. The van der Waals surface area contributed by atoms with Gasteiger partial charge in [0, 0.05) is 11.8 Å². The van der Waals surface area contributed by atoms with Gasteiger partial charge in [0.05, 0.1) is 0 Å². The lowest BCUT2D eigenvalue weighted by atomic mass is 10.1. The second-order valence-electron chi connectivity index (χ2n) is 3.94. The predicted molar refractivity (Wildman–Crippen MR) is 64.2 cm³/mol. The molecule has 0 aliphatic heterocycles. The summed E-state index contributed by atoms with van der Waals surface area (Å²) in [5, 5.41) is 0. The molecule has 0 amide bonds. The number of hydrogen-bond acceptors (Lipinski definition) is 2. The Morgan fingerprint density at radius 2 is 1.92 bits per heavy atom. The molecule has 0 saturated carbocycles. The molecular formula is C11H23NS.